The maximum Gasteiger partial charge on any atom is 0.341 e. The van der Waals surface area contributed by atoms with Crippen LogP contribution in [0.25, 0.3) is 11.6 Å². The van der Waals surface area contributed by atoms with Crippen LogP contribution < -0.4 is 4.74 Å². The lowest BCUT2D eigenvalue weighted by atomic mass is 10.2. The van der Waals surface area contributed by atoms with Crippen LogP contribution in [0.2, 0.25) is 0 Å². The van der Waals surface area contributed by atoms with E-state index in [-0.39, 0.29) is 0 Å². The van der Waals surface area contributed by atoms with E-state index in [1.165, 1.54) is 17.2 Å². The Morgan fingerprint density at radius 2 is 2.25 bits per heavy atom. The van der Waals surface area contributed by atoms with E-state index in [4.69, 9.17) is 26.5 Å². The van der Waals surface area contributed by atoms with Crippen molar-refractivity contribution < 1.29 is 19.1 Å². The maximum atomic E-state index is 10.6. The van der Waals surface area contributed by atoms with E-state index in [0.717, 1.165) is 0 Å². The summed E-state index contributed by atoms with van der Waals surface area (Å²) in [5, 5.41) is 19.7. The third kappa shape index (κ3) is 3.41. The zero-order chi connectivity index (χ0) is 16.9. The number of para-hydroxylation sites is 1. The highest BCUT2D eigenvalue weighted by molar-refractivity contribution is 7.71. The predicted molar refractivity (Wildman–Crippen MR) is 87.7 cm³/mol. The van der Waals surface area contributed by atoms with Gasteiger partial charge in [-0.3, -0.25) is 0 Å². The van der Waals surface area contributed by atoms with Crippen LogP contribution >= 0.6 is 12.2 Å². The fraction of sp³-hybridized carbons (Fsp3) is 0.0667. The van der Waals surface area contributed by atoms with Crippen molar-refractivity contribution in [3.8, 4) is 17.3 Å². The standard InChI is InChI=1S/C15H12N4O4S/c20-13(21)9-23-11-5-2-1-4-10(11)8-16-19-14(17-18-15(19)24)12-6-3-7-22-12/h1-8H,9H2,(H,18,24)(H,20,21). The molecule has 0 aliphatic rings. The topological polar surface area (TPSA) is 106 Å². The first-order valence-electron chi connectivity index (χ1n) is 6.84. The molecule has 0 aliphatic heterocycles. The van der Waals surface area contributed by atoms with Crippen LogP contribution in [0, 0.1) is 4.77 Å². The SMILES string of the molecule is O=C(O)COc1ccccc1C=Nn1c(-c2ccco2)n[nH]c1=S. The predicted octanol–water partition coefficient (Wildman–Crippen LogP) is 2.55. The molecule has 8 nitrogen and oxygen atoms in total. The summed E-state index contributed by atoms with van der Waals surface area (Å²) in [5.41, 5.74) is 0.604. The number of hydrogen-bond donors (Lipinski definition) is 2. The smallest absolute Gasteiger partial charge is 0.341 e. The molecule has 24 heavy (non-hydrogen) atoms. The van der Waals surface area contributed by atoms with Crippen molar-refractivity contribution in [2.45, 2.75) is 0 Å². The number of carbonyl (C=O) groups is 1. The van der Waals surface area contributed by atoms with Crippen molar-refractivity contribution in [1.29, 1.82) is 0 Å². The van der Waals surface area contributed by atoms with Gasteiger partial charge in [0.25, 0.3) is 0 Å². The molecule has 9 heteroatoms. The van der Waals surface area contributed by atoms with Crippen molar-refractivity contribution in [2.24, 2.45) is 5.10 Å². The molecule has 0 aliphatic carbocycles. The second kappa shape index (κ2) is 6.92. The molecular formula is C15H12N4O4S. The number of benzene rings is 1. The van der Waals surface area contributed by atoms with Crippen LogP contribution in [0.3, 0.4) is 0 Å². The van der Waals surface area contributed by atoms with E-state index in [1.54, 1.807) is 36.4 Å². The number of aromatic nitrogens is 3. The molecular weight excluding hydrogens is 332 g/mol. The molecule has 0 amide bonds. The molecule has 3 aromatic rings. The van der Waals surface area contributed by atoms with E-state index in [2.05, 4.69) is 15.3 Å². The van der Waals surface area contributed by atoms with Gasteiger partial charge in [-0.15, -0.1) is 5.10 Å². The summed E-state index contributed by atoms with van der Waals surface area (Å²) >= 11 is 5.16. The van der Waals surface area contributed by atoms with Gasteiger partial charge >= 0.3 is 5.97 Å². The molecule has 2 heterocycles. The Hall–Kier alpha value is -3.20. The van der Waals surface area contributed by atoms with Crippen LogP contribution in [0.1, 0.15) is 5.56 Å². The van der Waals surface area contributed by atoms with Gasteiger partial charge in [-0.2, -0.15) is 9.78 Å². The largest absolute Gasteiger partial charge is 0.481 e. The molecule has 0 fully saturated rings. The van der Waals surface area contributed by atoms with Gasteiger partial charge in [0.05, 0.1) is 12.5 Å². The zero-order valence-corrected chi connectivity index (χ0v) is 13.1. The number of H-pyrrole nitrogens is 1. The first-order valence-corrected chi connectivity index (χ1v) is 7.25. The summed E-state index contributed by atoms with van der Waals surface area (Å²) in [5.74, 6) is 0.275. The summed E-state index contributed by atoms with van der Waals surface area (Å²) in [6.45, 7) is -0.437. The number of nitrogens with zero attached hydrogens (tertiary/aromatic N) is 3. The molecule has 2 aromatic heterocycles. The van der Waals surface area contributed by atoms with E-state index < -0.39 is 12.6 Å². The highest BCUT2D eigenvalue weighted by atomic mass is 32.1. The molecule has 0 unspecified atom stereocenters. The minimum absolute atomic E-state index is 0.293. The quantitative estimate of drug-likeness (QED) is 0.526. The van der Waals surface area contributed by atoms with Crippen molar-refractivity contribution >= 4 is 24.4 Å². The Labute approximate surface area is 141 Å². The number of ether oxygens (including phenoxy) is 1. The summed E-state index contributed by atoms with van der Waals surface area (Å²) in [4.78, 5) is 10.6. The third-order valence-corrected chi connectivity index (χ3v) is 3.24. The summed E-state index contributed by atoms with van der Waals surface area (Å²) in [7, 11) is 0. The first kappa shape index (κ1) is 15.7. The van der Waals surface area contributed by atoms with Crippen LogP contribution in [0.4, 0.5) is 0 Å². The normalized spacial score (nSPS) is 11.0. The van der Waals surface area contributed by atoms with Crippen molar-refractivity contribution in [3.05, 3.63) is 53.0 Å². The number of furan rings is 1. The van der Waals surface area contributed by atoms with Crippen LogP contribution in [0.15, 0.2) is 52.2 Å². The van der Waals surface area contributed by atoms with Gasteiger partial charge in [-0.1, -0.05) is 12.1 Å². The number of nitrogens with one attached hydrogen (secondary N) is 1. The van der Waals surface area contributed by atoms with Crippen LogP contribution in [-0.4, -0.2) is 38.8 Å². The van der Waals surface area contributed by atoms with Crippen LogP contribution in [0.5, 0.6) is 5.75 Å². The lowest BCUT2D eigenvalue weighted by Crippen LogP contribution is -2.10. The highest BCUT2D eigenvalue weighted by Gasteiger charge is 2.11. The minimum atomic E-state index is -1.06. The first-order chi connectivity index (χ1) is 11.6. The number of carboxylic acids is 1. The molecule has 122 valence electrons. The van der Waals surface area contributed by atoms with E-state index in [9.17, 15) is 4.79 Å². The number of aromatic amines is 1. The number of hydrogen-bond acceptors (Lipinski definition) is 6. The van der Waals surface area contributed by atoms with Crippen molar-refractivity contribution in [3.63, 3.8) is 0 Å². The Kier molecular flexibility index (Phi) is 4.52. The highest BCUT2D eigenvalue weighted by Crippen LogP contribution is 2.19. The monoisotopic (exact) mass is 344 g/mol. The zero-order valence-electron chi connectivity index (χ0n) is 12.2. The average molecular weight is 344 g/mol. The van der Waals surface area contributed by atoms with Gasteiger partial charge in [0, 0.05) is 5.56 Å². The number of carboxylic acid groups (broad SMARTS) is 1. The summed E-state index contributed by atoms with van der Waals surface area (Å²) in [6, 6.07) is 10.4. The lowest BCUT2D eigenvalue weighted by molar-refractivity contribution is -0.139. The summed E-state index contributed by atoms with van der Waals surface area (Å²) in [6.07, 6.45) is 3.03. The fourth-order valence-electron chi connectivity index (χ4n) is 1.94. The Balaban J connectivity index is 1.91. The molecule has 0 spiro atoms. The van der Waals surface area contributed by atoms with Gasteiger partial charge in [-0.05, 0) is 36.5 Å². The second-order valence-corrected chi connectivity index (χ2v) is 4.99. The van der Waals surface area contributed by atoms with E-state index in [0.29, 0.717) is 27.7 Å². The fourth-order valence-corrected chi connectivity index (χ4v) is 2.12. The third-order valence-electron chi connectivity index (χ3n) is 2.97. The Morgan fingerprint density at radius 3 is 3.00 bits per heavy atom. The van der Waals surface area contributed by atoms with Gasteiger partial charge in [-0.25, -0.2) is 9.89 Å². The van der Waals surface area contributed by atoms with Gasteiger partial charge in [0.15, 0.2) is 12.4 Å². The van der Waals surface area contributed by atoms with Crippen LogP contribution in [-0.2, 0) is 4.79 Å². The van der Waals surface area contributed by atoms with Gasteiger partial charge in [0.1, 0.15) is 5.75 Å². The molecule has 3 rings (SSSR count). The van der Waals surface area contributed by atoms with Gasteiger partial charge in [0.2, 0.25) is 10.6 Å². The molecule has 0 saturated heterocycles. The molecule has 0 bridgehead atoms. The average Bonchev–Trinajstić information content (AvgIpc) is 3.21. The van der Waals surface area contributed by atoms with Crippen molar-refractivity contribution in [1.82, 2.24) is 14.9 Å². The lowest BCUT2D eigenvalue weighted by Gasteiger charge is -2.06. The van der Waals surface area contributed by atoms with E-state index in [1.807, 2.05) is 0 Å². The van der Waals surface area contributed by atoms with Crippen molar-refractivity contribution in [2.75, 3.05) is 6.61 Å². The summed E-state index contributed by atoms with van der Waals surface area (Å²) < 4.78 is 12.2. The number of rotatable bonds is 6. The number of aliphatic carboxylic acids is 1. The van der Waals surface area contributed by atoms with E-state index >= 15 is 0 Å². The molecule has 2 N–H and O–H groups in total. The Bertz CT molecular complexity index is 927. The molecule has 0 radical (unpaired) electrons. The molecule has 1 aromatic carbocycles. The maximum absolute atomic E-state index is 10.6. The molecule has 0 saturated carbocycles. The Morgan fingerprint density at radius 1 is 1.42 bits per heavy atom. The second-order valence-electron chi connectivity index (χ2n) is 4.61. The minimum Gasteiger partial charge on any atom is -0.481 e. The van der Waals surface area contributed by atoms with Gasteiger partial charge < -0.3 is 14.3 Å². The molecule has 0 atom stereocenters.